The molecule has 0 heterocycles. The quantitative estimate of drug-likeness (QED) is 0.639. The first-order valence-corrected chi connectivity index (χ1v) is 9.43. The molecule has 2 saturated carbocycles. The van der Waals surface area contributed by atoms with E-state index in [0.717, 1.165) is 11.8 Å². The molecule has 2 aliphatic rings. The second kappa shape index (κ2) is 4.58. The minimum Gasteiger partial charge on any atom is -0.414 e. The molecule has 0 aromatic carbocycles. The average molecular weight is 226 g/mol. The van der Waals surface area contributed by atoms with Crippen molar-refractivity contribution in [3.8, 4) is 0 Å². The first-order valence-electron chi connectivity index (χ1n) is 6.90. The zero-order valence-corrected chi connectivity index (χ0v) is 11.6. The molecular formula is C13H26OSi. The predicted octanol–water partition coefficient (Wildman–Crippen LogP) is 4.20. The summed E-state index contributed by atoms with van der Waals surface area (Å²) < 4.78 is 6.62. The molecule has 0 aromatic rings. The van der Waals surface area contributed by atoms with Crippen LogP contribution in [0.4, 0.5) is 0 Å². The fourth-order valence-electron chi connectivity index (χ4n) is 3.65. The highest BCUT2D eigenvalue weighted by molar-refractivity contribution is 6.73. The minimum absolute atomic E-state index is 0.662. The maximum atomic E-state index is 6.62. The Morgan fingerprint density at radius 1 is 1.00 bits per heavy atom. The largest absolute Gasteiger partial charge is 0.414 e. The van der Waals surface area contributed by atoms with Crippen LogP contribution in [0.2, 0.25) is 18.1 Å². The molecule has 0 N–H and O–H groups in total. The fraction of sp³-hybridized carbons (Fsp3) is 1.00. The normalized spacial score (nSPS) is 35.0. The number of fused-ring (bicyclic) bond motifs is 2. The van der Waals surface area contributed by atoms with Crippen LogP contribution in [-0.2, 0) is 4.43 Å². The Morgan fingerprint density at radius 2 is 1.67 bits per heavy atom. The molecule has 0 radical (unpaired) electrons. The van der Waals surface area contributed by atoms with Crippen LogP contribution in [0, 0.1) is 11.8 Å². The molecule has 3 atom stereocenters. The molecule has 3 unspecified atom stereocenters. The number of rotatable bonds is 5. The third-order valence-corrected chi connectivity index (χ3v) is 9.68. The summed E-state index contributed by atoms with van der Waals surface area (Å²) in [6.07, 6.45) is 6.47. The zero-order chi connectivity index (χ0) is 10.9. The van der Waals surface area contributed by atoms with Gasteiger partial charge in [0.05, 0.1) is 0 Å². The maximum absolute atomic E-state index is 6.62. The molecule has 2 aliphatic carbocycles. The van der Waals surface area contributed by atoms with Gasteiger partial charge in [0.2, 0.25) is 0 Å². The number of hydrogen-bond donors (Lipinski definition) is 0. The van der Waals surface area contributed by atoms with Gasteiger partial charge in [-0.2, -0.15) is 0 Å². The Bertz CT molecular complexity index is 204. The SMILES string of the molecule is CC[Si](CC)(CC)OC1CC2CCC1C2. The lowest BCUT2D eigenvalue weighted by molar-refractivity contribution is 0.126. The van der Waals surface area contributed by atoms with Crippen LogP contribution < -0.4 is 0 Å². The van der Waals surface area contributed by atoms with Crippen molar-refractivity contribution < 1.29 is 4.43 Å². The molecule has 2 fully saturated rings. The van der Waals surface area contributed by atoms with Crippen LogP contribution in [0.15, 0.2) is 0 Å². The van der Waals surface area contributed by atoms with Gasteiger partial charge in [0.25, 0.3) is 0 Å². The van der Waals surface area contributed by atoms with Gasteiger partial charge in [0, 0.05) is 6.10 Å². The van der Waals surface area contributed by atoms with Gasteiger partial charge in [-0.25, -0.2) is 0 Å². The van der Waals surface area contributed by atoms with E-state index in [9.17, 15) is 0 Å². The molecule has 2 rings (SSSR count). The predicted molar refractivity (Wildman–Crippen MR) is 67.5 cm³/mol. The smallest absolute Gasteiger partial charge is 0.192 e. The van der Waals surface area contributed by atoms with Crippen molar-refractivity contribution in [2.24, 2.45) is 11.8 Å². The zero-order valence-electron chi connectivity index (χ0n) is 10.6. The van der Waals surface area contributed by atoms with Gasteiger partial charge in [-0.3, -0.25) is 0 Å². The van der Waals surface area contributed by atoms with Gasteiger partial charge in [-0.15, -0.1) is 0 Å². The first kappa shape index (κ1) is 11.7. The molecule has 0 aliphatic heterocycles. The van der Waals surface area contributed by atoms with Gasteiger partial charge < -0.3 is 4.43 Å². The molecule has 0 aromatic heterocycles. The van der Waals surface area contributed by atoms with Gasteiger partial charge in [-0.05, 0) is 55.7 Å². The Morgan fingerprint density at radius 3 is 2.07 bits per heavy atom. The molecule has 2 heteroatoms. The average Bonchev–Trinajstić information content (AvgIpc) is 2.88. The Balaban J connectivity index is 1.95. The molecule has 0 amide bonds. The standard InChI is InChI=1S/C13H26OSi/c1-4-15(5-2,6-3)14-13-10-11-7-8-12(13)9-11/h11-13H,4-10H2,1-3H3. The van der Waals surface area contributed by atoms with Crippen LogP contribution in [0.25, 0.3) is 0 Å². The summed E-state index contributed by atoms with van der Waals surface area (Å²) in [5.41, 5.74) is 0. The van der Waals surface area contributed by atoms with Crippen LogP contribution in [0.1, 0.15) is 46.5 Å². The van der Waals surface area contributed by atoms with Crippen LogP contribution in [-0.4, -0.2) is 14.4 Å². The summed E-state index contributed by atoms with van der Waals surface area (Å²) in [6.45, 7) is 7.02. The van der Waals surface area contributed by atoms with Crippen molar-refractivity contribution in [1.82, 2.24) is 0 Å². The van der Waals surface area contributed by atoms with Gasteiger partial charge in [-0.1, -0.05) is 20.8 Å². The summed E-state index contributed by atoms with van der Waals surface area (Å²) in [5.74, 6) is 1.96. The third-order valence-electron chi connectivity index (χ3n) is 5.01. The summed E-state index contributed by atoms with van der Waals surface area (Å²) >= 11 is 0. The summed E-state index contributed by atoms with van der Waals surface area (Å²) in [4.78, 5) is 0. The van der Waals surface area contributed by atoms with Crippen LogP contribution in [0.3, 0.4) is 0 Å². The molecule has 2 bridgehead atoms. The highest BCUT2D eigenvalue weighted by Gasteiger charge is 2.43. The van der Waals surface area contributed by atoms with Crippen LogP contribution >= 0.6 is 0 Å². The van der Waals surface area contributed by atoms with E-state index >= 15 is 0 Å². The Hall–Kier alpha value is 0.177. The topological polar surface area (TPSA) is 9.23 Å². The second-order valence-corrected chi connectivity index (χ2v) is 10.3. The molecular weight excluding hydrogens is 200 g/mol. The van der Waals surface area contributed by atoms with E-state index < -0.39 is 8.32 Å². The third kappa shape index (κ3) is 2.16. The van der Waals surface area contributed by atoms with E-state index in [1.807, 2.05) is 0 Å². The Labute approximate surface area is 95.7 Å². The molecule has 88 valence electrons. The lowest BCUT2D eigenvalue weighted by Crippen LogP contribution is -2.41. The summed E-state index contributed by atoms with van der Waals surface area (Å²) in [6, 6.07) is 3.94. The van der Waals surface area contributed by atoms with Crippen molar-refractivity contribution in [3.63, 3.8) is 0 Å². The fourth-order valence-corrected chi connectivity index (χ4v) is 6.58. The molecule has 1 nitrogen and oxygen atoms in total. The maximum Gasteiger partial charge on any atom is 0.192 e. The van der Waals surface area contributed by atoms with Crippen molar-refractivity contribution in [3.05, 3.63) is 0 Å². The monoisotopic (exact) mass is 226 g/mol. The van der Waals surface area contributed by atoms with Crippen molar-refractivity contribution in [2.75, 3.05) is 0 Å². The molecule has 0 saturated heterocycles. The minimum atomic E-state index is -1.32. The van der Waals surface area contributed by atoms with Crippen molar-refractivity contribution >= 4 is 8.32 Å². The highest BCUT2D eigenvalue weighted by Crippen LogP contribution is 2.47. The lowest BCUT2D eigenvalue weighted by Gasteiger charge is -2.35. The van der Waals surface area contributed by atoms with E-state index in [1.54, 1.807) is 0 Å². The second-order valence-electron chi connectivity index (χ2n) is 5.57. The number of hydrogen-bond acceptors (Lipinski definition) is 1. The summed E-state index contributed by atoms with van der Waals surface area (Å²) in [7, 11) is -1.32. The van der Waals surface area contributed by atoms with Gasteiger partial charge >= 0.3 is 0 Å². The van der Waals surface area contributed by atoms with Crippen molar-refractivity contribution in [2.45, 2.75) is 70.7 Å². The van der Waals surface area contributed by atoms with E-state index in [0.29, 0.717) is 6.10 Å². The van der Waals surface area contributed by atoms with E-state index in [2.05, 4.69) is 20.8 Å². The first-order chi connectivity index (χ1) is 7.23. The van der Waals surface area contributed by atoms with Gasteiger partial charge in [0.1, 0.15) is 0 Å². The van der Waals surface area contributed by atoms with Gasteiger partial charge in [0.15, 0.2) is 8.32 Å². The van der Waals surface area contributed by atoms with E-state index in [-0.39, 0.29) is 0 Å². The van der Waals surface area contributed by atoms with E-state index in [1.165, 1.54) is 43.8 Å². The van der Waals surface area contributed by atoms with Crippen molar-refractivity contribution in [1.29, 1.82) is 0 Å². The summed E-state index contributed by atoms with van der Waals surface area (Å²) in [5, 5.41) is 0. The van der Waals surface area contributed by atoms with E-state index in [4.69, 9.17) is 4.43 Å². The highest BCUT2D eigenvalue weighted by atomic mass is 28.4. The van der Waals surface area contributed by atoms with Crippen LogP contribution in [0.5, 0.6) is 0 Å². The lowest BCUT2D eigenvalue weighted by atomic mass is 9.98. The Kier molecular flexibility index (Phi) is 3.56. The molecule has 15 heavy (non-hydrogen) atoms. The molecule has 0 spiro atoms.